The monoisotopic (exact) mass is 557 g/mol. The highest BCUT2D eigenvalue weighted by Gasteiger charge is 2.25. The molecule has 2 heterocycles. The van der Waals surface area contributed by atoms with Gasteiger partial charge in [0.25, 0.3) is 0 Å². The number of nitrogens with one attached hydrogen (secondary N) is 2. The van der Waals surface area contributed by atoms with Crippen molar-refractivity contribution in [3.8, 4) is 5.75 Å². The highest BCUT2D eigenvalue weighted by atomic mass is 127. The second-order valence-electron chi connectivity index (χ2n) is 7.73. The quantitative estimate of drug-likeness (QED) is 0.288. The first-order valence-corrected chi connectivity index (χ1v) is 11.7. The molecule has 1 fully saturated rings. The van der Waals surface area contributed by atoms with Crippen LogP contribution in [0.5, 0.6) is 5.75 Å². The van der Waals surface area contributed by atoms with Crippen LogP contribution in [0.25, 0.3) is 0 Å². The van der Waals surface area contributed by atoms with Crippen molar-refractivity contribution in [2.45, 2.75) is 45.6 Å². The second-order valence-corrected chi connectivity index (χ2v) is 9.02. The number of benzene rings is 1. The molecule has 0 saturated carbocycles. The number of rotatable bonds is 8. The Balaban J connectivity index is 0.00000341. The van der Waals surface area contributed by atoms with E-state index in [4.69, 9.17) is 4.74 Å². The predicted octanol–water partition coefficient (Wildman–Crippen LogP) is 4.32. The van der Waals surface area contributed by atoms with Gasteiger partial charge in [-0.25, -0.2) is 4.98 Å². The standard InChI is InChI=1S/C23H35N5OS.HI/c1-17-18(2)30-22(27-17)12-13-25-23(24-3)26-16-20(28-14-8-5-9-15-28)19-10-6-7-11-21(19)29-4;/h6-7,10-11,20H,5,8-9,12-16H2,1-4H3,(H2,24,25,26);1H. The molecule has 6 nitrogen and oxygen atoms in total. The number of para-hydroxylation sites is 1. The van der Waals surface area contributed by atoms with Crippen molar-refractivity contribution in [2.24, 2.45) is 4.99 Å². The molecule has 0 radical (unpaired) electrons. The number of aryl methyl sites for hydroxylation is 2. The van der Waals surface area contributed by atoms with Gasteiger partial charge in [-0.2, -0.15) is 0 Å². The number of ether oxygens (including phenoxy) is 1. The lowest BCUT2D eigenvalue weighted by molar-refractivity contribution is 0.161. The number of hydrogen-bond donors (Lipinski definition) is 2. The molecule has 1 aliphatic rings. The van der Waals surface area contributed by atoms with Crippen molar-refractivity contribution in [3.05, 3.63) is 45.4 Å². The number of likely N-dealkylation sites (tertiary alicyclic amines) is 1. The SMILES string of the molecule is CN=C(NCCc1nc(C)c(C)s1)NCC(c1ccccc1OC)N1CCCCC1.I. The molecule has 31 heavy (non-hydrogen) atoms. The lowest BCUT2D eigenvalue weighted by Gasteiger charge is -2.35. The number of aliphatic imine (C=N–C) groups is 1. The van der Waals surface area contributed by atoms with E-state index < -0.39 is 0 Å². The van der Waals surface area contributed by atoms with E-state index in [2.05, 4.69) is 57.6 Å². The number of piperidine rings is 1. The molecule has 0 spiro atoms. The van der Waals surface area contributed by atoms with Crippen molar-refractivity contribution in [2.75, 3.05) is 40.3 Å². The maximum Gasteiger partial charge on any atom is 0.191 e. The Morgan fingerprint density at radius 1 is 1.19 bits per heavy atom. The Morgan fingerprint density at radius 2 is 1.94 bits per heavy atom. The molecule has 1 aliphatic heterocycles. The molecule has 1 saturated heterocycles. The molecule has 1 unspecified atom stereocenters. The maximum atomic E-state index is 5.67. The molecule has 1 aromatic heterocycles. The molecule has 0 aliphatic carbocycles. The largest absolute Gasteiger partial charge is 0.496 e. The third-order valence-corrected chi connectivity index (χ3v) is 6.85. The fourth-order valence-electron chi connectivity index (χ4n) is 3.96. The van der Waals surface area contributed by atoms with Gasteiger partial charge in [0.1, 0.15) is 5.75 Å². The summed E-state index contributed by atoms with van der Waals surface area (Å²) in [7, 11) is 3.58. The first-order valence-electron chi connectivity index (χ1n) is 10.9. The van der Waals surface area contributed by atoms with Crippen molar-refractivity contribution in [1.29, 1.82) is 0 Å². The third-order valence-electron chi connectivity index (χ3n) is 5.72. The van der Waals surface area contributed by atoms with Gasteiger partial charge in [0.2, 0.25) is 0 Å². The number of aromatic nitrogens is 1. The number of nitrogens with zero attached hydrogens (tertiary/aromatic N) is 3. The van der Waals surface area contributed by atoms with Gasteiger partial charge in [0.05, 0.1) is 23.9 Å². The normalized spacial score (nSPS) is 15.8. The Labute approximate surface area is 207 Å². The number of thiazole rings is 1. The first-order chi connectivity index (χ1) is 14.6. The van der Waals surface area contributed by atoms with Crippen molar-refractivity contribution >= 4 is 41.3 Å². The summed E-state index contributed by atoms with van der Waals surface area (Å²) in [5.41, 5.74) is 2.37. The summed E-state index contributed by atoms with van der Waals surface area (Å²) in [5, 5.41) is 8.16. The molecule has 0 amide bonds. The van der Waals surface area contributed by atoms with Gasteiger partial charge in [-0.05, 0) is 45.8 Å². The van der Waals surface area contributed by atoms with Crippen LogP contribution in [0.2, 0.25) is 0 Å². The van der Waals surface area contributed by atoms with Gasteiger partial charge < -0.3 is 15.4 Å². The zero-order valence-corrected chi connectivity index (χ0v) is 22.3. The number of methoxy groups -OCH3 is 1. The molecule has 8 heteroatoms. The van der Waals surface area contributed by atoms with Crippen LogP contribution in [-0.2, 0) is 6.42 Å². The molecule has 2 N–H and O–H groups in total. The Bertz CT molecular complexity index is 816. The Hall–Kier alpha value is -1.39. The summed E-state index contributed by atoms with van der Waals surface area (Å²) in [6.07, 6.45) is 4.74. The first kappa shape index (κ1) is 25.9. The van der Waals surface area contributed by atoms with Gasteiger partial charge in [-0.1, -0.05) is 24.6 Å². The van der Waals surface area contributed by atoms with Gasteiger partial charge in [0.15, 0.2) is 5.96 Å². The fraction of sp³-hybridized carbons (Fsp3) is 0.565. The van der Waals surface area contributed by atoms with Crippen molar-refractivity contribution in [3.63, 3.8) is 0 Å². The summed E-state index contributed by atoms with van der Waals surface area (Å²) in [6.45, 7) is 8.05. The van der Waals surface area contributed by atoms with Crippen LogP contribution in [0.1, 0.15) is 46.4 Å². The van der Waals surface area contributed by atoms with Crippen LogP contribution in [0.4, 0.5) is 0 Å². The summed E-state index contributed by atoms with van der Waals surface area (Å²) in [4.78, 5) is 12.9. The average Bonchev–Trinajstić information content (AvgIpc) is 3.10. The number of hydrogen-bond acceptors (Lipinski definition) is 5. The molecule has 1 atom stereocenters. The van der Waals surface area contributed by atoms with Gasteiger partial charge >= 0.3 is 0 Å². The Kier molecular flexibility index (Phi) is 11.0. The summed E-state index contributed by atoms with van der Waals surface area (Å²) >= 11 is 1.78. The minimum atomic E-state index is 0. The molecular formula is C23H36IN5OS. The lowest BCUT2D eigenvalue weighted by atomic mass is 10.0. The third kappa shape index (κ3) is 7.32. The van der Waals surface area contributed by atoms with E-state index in [1.165, 1.54) is 34.7 Å². The summed E-state index contributed by atoms with van der Waals surface area (Å²) in [6, 6.07) is 8.62. The minimum absolute atomic E-state index is 0. The van der Waals surface area contributed by atoms with Crippen LogP contribution >= 0.6 is 35.3 Å². The zero-order valence-electron chi connectivity index (χ0n) is 19.1. The highest BCUT2D eigenvalue weighted by molar-refractivity contribution is 14.0. The van der Waals surface area contributed by atoms with Crippen molar-refractivity contribution < 1.29 is 4.74 Å². The van der Waals surface area contributed by atoms with E-state index in [-0.39, 0.29) is 30.0 Å². The van der Waals surface area contributed by atoms with E-state index in [1.54, 1.807) is 18.4 Å². The molecule has 2 aromatic rings. The number of guanidine groups is 1. The van der Waals surface area contributed by atoms with Gasteiger partial charge in [-0.15, -0.1) is 35.3 Å². The van der Waals surface area contributed by atoms with E-state index in [9.17, 15) is 0 Å². The molecule has 172 valence electrons. The predicted molar refractivity (Wildman–Crippen MR) is 141 cm³/mol. The highest BCUT2D eigenvalue weighted by Crippen LogP contribution is 2.30. The molecular weight excluding hydrogens is 521 g/mol. The van der Waals surface area contributed by atoms with Gasteiger partial charge in [0, 0.05) is 37.0 Å². The van der Waals surface area contributed by atoms with Crippen LogP contribution < -0.4 is 15.4 Å². The maximum absolute atomic E-state index is 5.67. The van der Waals surface area contributed by atoms with Gasteiger partial charge in [-0.3, -0.25) is 9.89 Å². The molecule has 0 bridgehead atoms. The molecule has 1 aromatic carbocycles. The van der Waals surface area contributed by atoms with Crippen molar-refractivity contribution in [1.82, 2.24) is 20.5 Å². The molecule has 3 rings (SSSR count). The fourth-order valence-corrected chi connectivity index (χ4v) is 4.89. The minimum Gasteiger partial charge on any atom is -0.496 e. The van der Waals surface area contributed by atoms with E-state index in [0.29, 0.717) is 0 Å². The average molecular weight is 558 g/mol. The van der Waals surface area contributed by atoms with Crippen LogP contribution in [-0.4, -0.2) is 56.2 Å². The van der Waals surface area contributed by atoms with Crippen LogP contribution in [0.15, 0.2) is 29.3 Å². The van der Waals surface area contributed by atoms with E-state index >= 15 is 0 Å². The summed E-state index contributed by atoms with van der Waals surface area (Å²) < 4.78 is 5.67. The topological polar surface area (TPSA) is 61.8 Å². The second kappa shape index (κ2) is 13.2. The zero-order chi connectivity index (χ0) is 21.3. The van der Waals surface area contributed by atoms with E-state index in [1.807, 2.05) is 13.1 Å². The number of halogens is 1. The van der Waals surface area contributed by atoms with E-state index in [0.717, 1.165) is 50.0 Å². The lowest BCUT2D eigenvalue weighted by Crippen LogP contribution is -2.45. The Morgan fingerprint density at radius 3 is 2.58 bits per heavy atom. The van der Waals surface area contributed by atoms with Crippen LogP contribution in [0.3, 0.4) is 0 Å². The summed E-state index contributed by atoms with van der Waals surface area (Å²) in [5.74, 6) is 1.78. The smallest absolute Gasteiger partial charge is 0.191 e. The van der Waals surface area contributed by atoms with Crippen LogP contribution in [0, 0.1) is 13.8 Å².